The van der Waals surface area contributed by atoms with E-state index in [1.165, 1.54) is 19.3 Å². The smallest absolute Gasteiger partial charge is 0.179 e. The van der Waals surface area contributed by atoms with Crippen LogP contribution in [0.2, 0.25) is 0 Å². The van der Waals surface area contributed by atoms with Crippen molar-refractivity contribution < 1.29 is 0 Å². The van der Waals surface area contributed by atoms with Crippen LogP contribution >= 0.6 is 12.2 Å². The quantitative estimate of drug-likeness (QED) is 0.778. The number of nitrogens with one attached hydrogen (secondary N) is 1. The Morgan fingerprint density at radius 2 is 2.24 bits per heavy atom. The molecule has 0 saturated heterocycles. The van der Waals surface area contributed by atoms with Crippen LogP contribution in [-0.2, 0) is 0 Å². The fraction of sp³-hybridized carbons (Fsp3) is 0.538. The second-order valence-corrected chi connectivity index (χ2v) is 5.58. The van der Waals surface area contributed by atoms with E-state index in [0.717, 1.165) is 27.5 Å². The van der Waals surface area contributed by atoms with Gasteiger partial charge in [0.1, 0.15) is 0 Å². The van der Waals surface area contributed by atoms with E-state index in [2.05, 4.69) is 27.5 Å². The molecule has 90 valence electrons. The van der Waals surface area contributed by atoms with Gasteiger partial charge < -0.3 is 4.98 Å². The summed E-state index contributed by atoms with van der Waals surface area (Å²) in [6.45, 7) is 4.34. The van der Waals surface area contributed by atoms with Crippen molar-refractivity contribution in [2.24, 2.45) is 5.92 Å². The summed E-state index contributed by atoms with van der Waals surface area (Å²) in [6, 6.07) is 4.62. The normalized spacial score (nSPS) is 24.6. The average molecular weight is 247 g/mol. The zero-order valence-electron chi connectivity index (χ0n) is 10.2. The Kier molecular flexibility index (Phi) is 2.54. The predicted molar refractivity (Wildman–Crippen MR) is 71.7 cm³/mol. The number of H-pyrrole nitrogens is 1. The number of aryl methyl sites for hydroxylation is 1. The number of hydrogen-bond donors (Lipinski definition) is 1. The Morgan fingerprint density at radius 1 is 1.41 bits per heavy atom. The van der Waals surface area contributed by atoms with Crippen LogP contribution in [0.15, 0.2) is 12.1 Å². The van der Waals surface area contributed by atoms with Gasteiger partial charge in [-0.3, -0.25) is 4.57 Å². The molecule has 0 bridgehead atoms. The van der Waals surface area contributed by atoms with Gasteiger partial charge >= 0.3 is 0 Å². The maximum absolute atomic E-state index is 5.44. The second-order valence-electron chi connectivity index (χ2n) is 5.20. The Hall–Kier alpha value is -1.16. The first-order chi connectivity index (χ1) is 8.15. The standard InChI is InChI=1S/C13H17N3S/c1-8-3-5-10(7-8)16-12-11(15-13(16)17)6-4-9(2)14-12/h4,6,8,10H,3,5,7H2,1-2H3,(H,15,17). The molecule has 1 saturated carbocycles. The molecule has 2 unspecified atom stereocenters. The van der Waals surface area contributed by atoms with Gasteiger partial charge in [-0.25, -0.2) is 4.98 Å². The van der Waals surface area contributed by atoms with Crippen LogP contribution < -0.4 is 0 Å². The topological polar surface area (TPSA) is 33.6 Å². The van der Waals surface area contributed by atoms with Crippen LogP contribution in [0.3, 0.4) is 0 Å². The van der Waals surface area contributed by atoms with Gasteiger partial charge in [0, 0.05) is 11.7 Å². The van der Waals surface area contributed by atoms with Crippen molar-refractivity contribution in [2.45, 2.75) is 39.2 Å². The van der Waals surface area contributed by atoms with Crippen molar-refractivity contribution in [1.82, 2.24) is 14.5 Å². The molecule has 2 aromatic heterocycles. The van der Waals surface area contributed by atoms with Crippen LogP contribution in [0.1, 0.15) is 37.9 Å². The van der Waals surface area contributed by atoms with Gasteiger partial charge in [-0.05, 0) is 56.5 Å². The summed E-state index contributed by atoms with van der Waals surface area (Å²) in [5.74, 6) is 0.802. The van der Waals surface area contributed by atoms with Gasteiger partial charge in [0.2, 0.25) is 0 Å². The van der Waals surface area contributed by atoms with Crippen molar-refractivity contribution in [3.8, 4) is 0 Å². The Morgan fingerprint density at radius 3 is 2.94 bits per heavy atom. The lowest BCUT2D eigenvalue weighted by molar-refractivity contribution is 0.497. The third kappa shape index (κ3) is 1.80. The van der Waals surface area contributed by atoms with Crippen molar-refractivity contribution in [1.29, 1.82) is 0 Å². The lowest BCUT2D eigenvalue weighted by Gasteiger charge is -2.12. The largest absolute Gasteiger partial charge is 0.329 e. The highest BCUT2D eigenvalue weighted by molar-refractivity contribution is 7.71. The third-order valence-electron chi connectivity index (χ3n) is 3.74. The minimum Gasteiger partial charge on any atom is -0.329 e. The first kappa shape index (κ1) is 11.0. The molecule has 0 spiro atoms. The molecular formula is C13H17N3S. The van der Waals surface area contributed by atoms with E-state index in [0.29, 0.717) is 6.04 Å². The first-order valence-electron chi connectivity index (χ1n) is 6.23. The van der Waals surface area contributed by atoms with E-state index in [4.69, 9.17) is 12.2 Å². The lowest BCUT2D eigenvalue weighted by atomic mass is 10.1. The van der Waals surface area contributed by atoms with Crippen LogP contribution in [0.5, 0.6) is 0 Å². The zero-order chi connectivity index (χ0) is 12.0. The van der Waals surface area contributed by atoms with Crippen LogP contribution in [-0.4, -0.2) is 14.5 Å². The van der Waals surface area contributed by atoms with Gasteiger partial charge in [-0.15, -0.1) is 0 Å². The lowest BCUT2D eigenvalue weighted by Crippen LogP contribution is -2.06. The molecule has 2 heterocycles. The van der Waals surface area contributed by atoms with E-state index in [-0.39, 0.29) is 0 Å². The maximum atomic E-state index is 5.44. The van der Waals surface area contributed by atoms with E-state index in [9.17, 15) is 0 Å². The molecule has 4 heteroatoms. The predicted octanol–water partition coefficient (Wildman–Crippen LogP) is 3.76. The number of rotatable bonds is 1. The molecule has 2 atom stereocenters. The van der Waals surface area contributed by atoms with Gasteiger partial charge in [-0.2, -0.15) is 0 Å². The van der Waals surface area contributed by atoms with E-state index in [1.54, 1.807) is 0 Å². The molecule has 0 aromatic carbocycles. The van der Waals surface area contributed by atoms with Crippen LogP contribution in [0.4, 0.5) is 0 Å². The van der Waals surface area contributed by atoms with E-state index < -0.39 is 0 Å². The molecule has 1 aliphatic carbocycles. The van der Waals surface area contributed by atoms with E-state index >= 15 is 0 Å². The molecule has 17 heavy (non-hydrogen) atoms. The highest BCUT2D eigenvalue weighted by Crippen LogP contribution is 2.35. The molecular weight excluding hydrogens is 230 g/mol. The second kappa shape index (κ2) is 3.95. The highest BCUT2D eigenvalue weighted by atomic mass is 32.1. The van der Waals surface area contributed by atoms with Gasteiger partial charge in [0.15, 0.2) is 10.4 Å². The summed E-state index contributed by atoms with van der Waals surface area (Å²) in [4.78, 5) is 7.89. The number of imidazole rings is 1. The van der Waals surface area contributed by atoms with Gasteiger partial charge in [0.25, 0.3) is 0 Å². The number of aromatic nitrogens is 3. The molecule has 1 fully saturated rings. The summed E-state index contributed by atoms with van der Waals surface area (Å²) in [6.07, 6.45) is 3.74. The molecule has 3 nitrogen and oxygen atoms in total. The number of fused-ring (bicyclic) bond motifs is 1. The van der Waals surface area contributed by atoms with E-state index in [1.807, 2.05) is 13.0 Å². The summed E-state index contributed by atoms with van der Waals surface area (Å²) in [7, 11) is 0. The highest BCUT2D eigenvalue weighted by Gasteiger charge is 2.25. The van der Waals surface area contributed by atoms with Gasteiger partial charge in [-0.1, -0.05) is 6.92 Å². The fourth-order valence-electron chi connectivity index (χ4n) is 2.85. The van der Waals surface area contributed by atoms with Gasteiger partial charge in [0.05, 0.1) is 5.52 Å². The maximum Gasteiger partial charge on any atom is 0.179 e. The summed E-state index contributed by atoms with van der Waals surface area (Å²) < 4.78 is 3.04. The molecule has 3 rings (SSSR count). The molecule has 1 N–H and O–H groups in total. The van der Waals surface area contributed by atoms with Crippen molar-refractivity contribution >= 4 is 23.4 Å². The summed E-state index contributed by atoms with van der Waals surface area (Å²) in [5, 5.41) is 0. The third-order valence-corrected chi connectivity index (χ3v) is 4.03. The fourth-order valence-corrected chi connectivity index (χ4v) is 3.19. The minimum atomic E-state index is 0.528. The Labute approximate surface area is 106 Å². The van der Waals surface area contributed by atoms with Crippen molar-refractivity contribution in [3.63, 3.8) is 0 Å². The summed E-state index contributed by atoms with van der Waals surface area (Å²) >= 11 is 5.44. The average Bonchev–Trinajstić information content (AvgIpc) is 2.81. The first-order valence-corrected chi connectivity index (χ1v) is 6.64. The number of hydrogen-bond acceptors (Lipinski definition) is 2. The Balaban J connectivity index is 2.17. The van der Waals surface area contributed by atoms with Crippen LogP contribution in [0.25, 0.3) is 11.2 Å². The molecule has 0 aliphatic heterocycles. The molecule has 2 aromatic rings. The number of aromatic amines is 1. The SMILES string of the molecule is Cc1ccc2[nH]c(=S)n(C3CCC(C)C3)c2n1. The monoisotopic (exact) mass is 247 g/mol. The minimum absolute atomic E-state index is 0.528. The molecule has 0 radical (unpaired) electrons. The molecule has 0 amide bonds. The zero-order valence-corrected chi connectivity index (χ0v) is 11.0. The van der Waals surface area contributed by atoms with Crippen LogP contribution in [0, 0.1) is 17.6 Å². The molecule has 1 aliphatic rings. The Bertz CT molecular complexity index is 611. The number of pyridine rings is 1. The summed E-state index contributed by atoms with van der Waals surface area (Å²) in [5.41, 5.74) is 3.13. The van der Waals surface area contributed by atoms with Crippen molar-refractivity contribution in [2.75, 3.05) is 0 Å². The van der Waals surface area contributed by atoms with Crippen molar-refractivity contribution in [3.05, 3.63) is 22.6 Å². The number of nitrogens with zero attached hydrogens (tertiary/aromatic N) is 2.